The summed E-state index contributed by atoms with van der Waals surface area (Å²) in [5, 5.41) is 10.3. The molecule has 0 bridgehead atoms. The first-order valence-corrected chi connectivity index (χ1v) is 4.66. The SMILES string of the molecule is CN(CC(=O)NN1CCOCC1)C(=O)O. The molecule has 2 N–H and O–H groups in total. The lowest BCUT2D eigenvalue weighted by molar-refractivity contribution is -0.128. The number of amides is 2. The predicted octanol–water partition coefficient (Wildman–Crippen LogP) is -1.04. The predicted molar refractivity (Wildman–Crippen MR) is 51.2 cm³/mol. The average molecular weight is 217 g/mol. The zero-order chi connectivity index (χ0) is 11.3. The minimum Gasteiger partial charge on any atom is -0.465 e. The summed E-state index contributed by atoms with van der Waals surface area (Å²) in [4.78, 5) is 22.7. The van der Waals surface area contributed by atoms with Crippen molar-refractivity contribution in [3.05, 3.63) is 0 Å². The van der Waals surface area contributed by atoms with Crippen molar-refractivity contribution in [2.45, 2.75) is 0 Å². The minimum atomic E-state index is -1.12. The fraction of sp³-hybridized carbons (Fsp3) is 0.750. The number of ether oxygens (including phenoxy) is 1. The van der Waals surface area contributed by atoms with Crippen LogP contribution in [-0.2, 0) is 9.53 Å². The molecule has 0 unspecified atom stereocenters. The van der Waals surface area contributed by atoms with E-state index in [0.29, 0.717) is 26.3 Å². The van der Waals surface area contributed by atoms with Crippen LogP contribution < -0.4 is 5.43 Å². The topological polar surface area (TPSA) is 82.1 Å². The van der Waals surface area contributed by atoms with Gasteiger partial charge in [-0.3, -0.25) is 10.2 Å². The Morgan fingerprint density at radius 3 is 2.60 bits per heavy atom. The summed E-state index contributed by atoms with van der Waals surface area (Å²) in [5.74, 6) is -0.332. The fourth-order valence-corrected chi connectivity index (χ4v) is 1.17. The Morgan fingerprint density at radius 2 is 2.07 bits per heavy atom. The maximum Gasteiger partial charge on any atom is 0.407 e. The van der Waals surface area contributed by atoms with Gasteiger partial charge in [0.05, 0.1) is 13.2 Å². The van der Waals surface area contributed by atoms with Crippen LogP contribution in [0.25, 0.3) is 0 Å². The van der Waals surface area contributed by atoms with Crippen LogP contribution in [0.15, 0.2) is 0 Å². The number of nitrogens with zero attached hydrogens (tertiary/aromatic N) is 2. The lowest BCUT2D eigenvalue weighted by Gasteiger charge is -2.27. The molecule has 0 saturated carbocycles. The van der Waals surface area contributed by atoms with Gasteiger partial charge in [0.2, 0.25) is 0 Å². The van der Waals surface area contributed by atoms with E-state index in [0.717, 1.165) is 4.90 Å². The zero-order valence-electron chi connectivity index (χ0n) is 8.60. The first-order valence-electron chi connectivity index (χ1n) is 4.66. The number of likely N-dealkylation sites (N-methyl/N-ethyl adjacent to an activating group) is 1. The zero-order valence-corrected chi connectivity index (χ0v) is 8.60. The van der Waals surface area contributed by atoms with Crippen molar-refractivity contribution in [3.8, 4) is 0 Å². The van der Waals surface area contributed by atoms with Crippen LogP contribution >= 0.6 is 0 Å². The van der Waals surface area contributed by atoms with Crippen LogP contribution in [-0.4, -0.2) is 66.9 Å². The largest absolute Gasteiger partial charge is 0.465 e. The molecule has 0 atom stereocenters. The molecule has 1 fully saturated rings. The molecule has 1 aliphatic rings. The van der Waals surface area contributed by atoms with Crippen LogP contribution in [0.3, 0.4) is 0 Å². The first kappa shape index (κ1) is 11.7. The van der Waals surface area contributed by atoms with E-state index in [4.69, 9.17) is 9.84 Å². The first-order chi connectivity index (χ1) is 7.09. The molecule has 7 nitrogen and oxygen atoms in total. The van der Waals surface area contributed by atoms with Gasteiger partial charge in [-0.1, -0.05) is 0 Å². The summed E-state index contributed by atoms with van der Waals surface area (Å²) in [7, 11) is 1.35. The Kier molecular flexibility index (Phi) is 4.32. The van der Waals surface area contributed by atoms with Crippen LogP contribution in [0, 0.1) is 0 Å². The van der Waals surface area contributed by atoms with E-state index in [1.807, 2.05) is 0 Å². The Hall–Kier alpha value is -1.34. The molecule has 0 aromatic rings. The lowest BCUT2D eigenvalue weighted by atomic mass is 10.5. The van der Waals surface area contributed by atoms with Crippen molar-refractivity contribution < 1.29 is 19.4 Å². The molecule has 0 aromatic carbocycles. The highest BCUT2D eigenvalue weighted by molar-refractivity contribution is 5.81. The highest BCUT2D eigenvalue weighted by Gasteiger charge is 2.15. The number of hydrogen-bond acceptors (Lipinski definition) is 4. The van der Waals surface area contributed by atoms with Crippen LogP contribution in [0.5, 0.6) is 0 Å². The summed E-state index contributed by atoms with van der Waals surface area (Å²) in [6.07, 6.45) is -1.12. The fourth-order valence-electron chi connectivity index (χ4n) is 1.17. The number of carboxylic acid groups (broad SMARTS) is 1. The standard InChI is InChI=1S/C8H15N3O4/c1-10(8(13)14)6-7(12)9-11-2-4-15-5-3-11/h2-6H2,1H3,(H,9,12)(H,13,14). The molecule has 15 heavy (non-hydrogen) atoms. The molecule has 86 valence electrons. The molecule has 1 rings (SSSR count). The van der Waals surface area contributed by atoms with E-state index >= 15 is 0 Å². The van der Waals surface area contributed by atoms with Crippen molar-refractivity contribution in [2.75, 3.05) is 39.9 Å². The van der Waals surface area contributed by atoms with Gasteiger partial charge in [0, 0.05) is 20.1 Å². The van der Waals surface area contributed by atoms with Crippen molar-refractivity contribution in [2.24, 2.45) is 0 Å². The third-order valence-electron chi connectivity index (χ3n) is 2.00. The maximum atomic E-state index is 11.3. The second-order valence-corrected chi connectivity index (χ2v) is 3.27. The van der Waals surface area contributed by atoms with Crippen molar-refractivity contribution >= 4 is 12.0 Å². The van der Waals surface area contributed by atoms with E-state index in [-0.39, 0.29) is 12.5 Å². The summed E-state index contributed by atoms with van der Waals surface area (Å²) >= 11 is 0. The highest BCUT2D eigenvalue weighted by atomic mass is 16.5. The molecule has 1 saturated heterocycles. The van der Waals surface area contributed by atoms with Gasteiger partial charge in [-0.2, -0.15) is 0 Å². The summed E-state index contributed by atoms with van der Waals surface area (Å²) < 4.78 is 5.10. The number of carbonyl (C=O) groups is 2. The van der Waals surface area contributed by atoms with Gasteiger partial charge in [-0.15, -0.1) is 0 Å². The molecule has 0 aromatic heterocycles. The van der Waals surface area contributed by atoms with E-state index < -0.39 is 6.09 Å². The van der Waals surface area contributed by atoms with E-state index in [1.54, 1.807) is 5.01 Å². The smallest absolute Gasteiger partial charge is 0.407 e. The van der Waals surface area contributed by atoms with Crippen molar-refractivity contribution in [3.63, 3.8) is 0 Å². The molecular formula is C8H15N3O4. The molecule has 7 heteroatoms. The third kappa shape index (κ3) is 4.13. The third-order valence-corrected chi connectivity index (χ3v) is 2.00. The van der Waals surface area contributed by atoms with Gasteiger partial charge in [-0.05, 0) is 0 Å². The van der Waals surface area contributed by atoms with Crippen LogP contribution in [0.1, 0.15) is 0 Å². The van der Waals surface area contributed by atoms with Gasteiger partial charge in [-0.25, -0.2) is 9.80 Å². The molecule has 1 aliphatic heterocycles. The van der Waals surface area contributed by atoms with Crippen LogP contribution in [0.2, 0.25) is 0 Å². The van der Waals surface area contributed by atoms with E-state index in [2.05, 4.69) is 5.43 Å². The second-order valence-electron chi connectivity index (χ2n) is 3.27. The molecule has 0 aliphatic carbocycles. The average Bonchev–Trinajstić information content (AvgIpc) is 2.18. The van der Waals surface area contributed by atoms with Gasteiger partial charge in [0.1, 0.15) is 6.54 Å². The van der Waals surface area contributed by atoms with Crippen LogP contribution in [0.4, 0.5) is 4.79 Å². The summed E-state index contributed by atoms with van der Waals surface area (Å²) in [6, 6.07) is 0. The van der Waals surface area contributed by atoms with Gasteiger partial charge in [0.25, 0.3) is 5.91 Å². The number of rotatable bonds is 3. The number of hydrazine groups is 1. The minimum absolute atomic E-state index is 0.160. The number of nitrogens with one attached hydrogen (secondary N) is 1. The highest BCUT2D eigenvalue weighted by Crippen LogP contribution is 1.92. The van der Waals surface area contributed by atoms with Gasteiger partial charge < -0.3 is 14.7 Å². The van der Waals surface area contributed by atoms with E-state index in [1.165, 1.54) is 7.05 Å². The Bertz CT molecular complexity index is 240. The van der Waals surface area contributed by atoms with E-state index in [9.17, 15) is 9.59 Å². The molecule has 1 heterocycles. The molecule has 0 spiro atoms. The Morgan fingerprint density at radius 1 is 1.47 bits per heavy atom. The van der Waals surface area contributed by atoms with Gasteiger partial charge in [0.15, 0.2) is 0 Å². The number of carbonyl (C=O) groups excluding carboxylic acids is 1. The normalized spacial score (nSPS) is 17.1. The summed E-state index contributed by atoms with van der Waals surface area (Å²) in [6.45, 7) is 2.25. The maximum absolute atomic E-state index is 11.3. The Balaban J connectivity index is 2.25. The molecule has 0 radical (unpaired) electrons. The van der Waals surface area contributed by atoms with Gasteiger partial charge >= 0.3 is 6.09 Å². The lowest BCUT2D eigenvalue weighted by Crippen LogP contribution is -2.51. The molecular weight excluding hydrogens is 202 g/mol. The number of morpholine rings is 1. The summed E-state index contributed by atoms with van der Waals surface area (Å²) in [5.41, 5.74) is 2.61. The monoisotopic (exact) mass is 217 g/mol. The molecule has 2 amide bonds. The Labute approximate surface area is 87.6 Å². The van der Waals surface area contributed by atoms with Crippen molar-refractivity contribution in [1.82, 2.24) is 15.3 Å². The second kappa shape index (κ2) is 5.52. The van der Waals surface area contributed by atoms with Crippen molar-refractivity contribution in [1.29, 1.82) is 0 Å². The number of hydrogen-bond donors (Lipinski definition) is 2. The quantitative estimate of drug-likeness (QED) is 0.631.